The molecule has 0 bridgehead atoms. The van der Waals surface area contributed by atoms with E-state index < -0.39 is 0 Å². The van der Waals surface area contributed by atoms with Crippen LogP contribution in [0.25, 0.3) is 0 Å². The third-order valence-corrected chi connectivity index (χ3v) is 2.82. The minimum absolute atomic E-state index is 0.230. The molecule has 5 heteroatoms. The molecule has 0 saturated heterocycles. The minimum atomic E-state index is 0.230. The number of rotatable bonds is 5. The van der Waals surface area contributed by atoms with Crippen LogP contribution in [-0.2, 0) is 19.5 Å². The number of hydrogen-bond acceptors (Lipinski definition) is 4. The van der Waals surface area contributed by atoms with Gasteiger partial charge in [0.15, 0.2) is 0 Å². The minimum Gasteiger partial charge on any atom is -0.508 e. The van der Waals surface area contributed by atoms with Crippen molar-refractivity contribution in [3.05, 3.63) is 46.6 Å². The zero-order valence-corrected chi connectivity index (χ0v) is 10.9. The van der Waals surface area contributed by atoms with E-state index >= 15 is 0 Å². The van der Waals surface area contributed by atoms with Crippen molar-refractivity contribution in [2.75, 3.05) is 0 Å². The van der Waals surface area contributed by atoms with E-state index in [2.05, 4.69) is 10.3 Å². The van der Waals surface area contributed by atoms with E-state index in [0.717, 1.165) is 17.7 Å². The van der Waals surface area contributed by atoms with E-state index in [0.29, 0.717) is 24.0 Å². The van der Waals surface area contributed by atoms with Crippen LogP contribution in [0.15, 0.2) is 28.8 Å². The van der Waals surface area contributed by atoms with E-state index in [9.17, 15) is 5.11 Å². The second-order valence-corrected chi connectivity index (χ2v) is 4.39. The number of oxazole rings is 1. The normalized spacial score (nSPS) is 10.8. The maximum atomic E-state index is 9.64. The SMILES string of the molecule is CCc1cnc(CNCc2cc(Cl)ccc2O)o1. The summed E-state index contributed by atoms with van der Waals surface area (Å²) in [5.74, 6) is 1.75. The Labute approximate surface area is 111 Å². The summed E-state index contributed by atoms with van der Waals surface area (Å²) in [5.41, 5.74) is 0.754. The van der Waals surface area contributed by atoms with Gasteiger partial charge in [-0.15, -0.1) is 0 Å². The van der Waals surface area contributed by atoms with Gasteiger partial charge >= 0.3 is 0 Å². The summed E-state index contributed by atoms with van der Waals surface area (Å²) in [5, 5.41) is 13.4. The fourth-order valence-electron chi connectivity index (χ4n) is 1.59. The Bertz CT molecular complexity index is 525. The highest BCUT2D eigenvalue weighted by atomic mass is 35.5. The molecule has 0 fully saturated rings. The Hall–Kier alpha value is -1.52. The molecular formula is C13H15ClN2O2. The molecule has 0 aliphatic heterocycles. The number of nitrogens with one attached hydrogen (secondary N) is 1. The predicted molar refractivity (Wildman–Crippen MR) is 69.5 cm³/mol. The third-order valence-electron chi connectivity index (χ3n) is 2.58. The summed E-state index contributed by atoms with van der Waals surface area (Å²) in [6.45, 7) is 3.05. The third kappa shape index (κ3) is 3.24. The van der Waals surface area contributed by atoms with Gasteiger partial charge in [0.05, 0.1) is 12.7 Å². The summed E-state index contributed by atoms with van der Waals surface area (Å²) in [7, 11) is 0. The first-order valence-corrected chi connectivity index (χ1v) is 6.18. The zero-order chi connectivity index (χ0) is 13.0. The number of aromatic hydroxyl groups is 1. The van der Waals surface area contributed by atoms with Crippen molar-refractivity contribution in [1.82, 2.24) is 10.3 Å². The second-order valence-electron chi connectivity index (χ2n) is 3.95. The number of halogens is 1. The first-order valence-electron chi connectivity index (χ1n) is 5.80. The summed E-state index contributed by atoms with van der Waals surface area (Å²) in [6, 6.07) is 4.97. The van der Waals surface area contributed by atoms with Gasteiger partial charge in [0.2, 0.25) is 5.89 Å². The molecule has 1 aromatic heterocycles. The Morgan fingerprint density at radius 1 is 1.39 bits per heavy atom. The highest BCUT2D eigenvalue weighted by Crippen LogP contribution is 2.21. The van der Waals surface area contributed by atoms with Crippen molar-refractivity contribution in [1.29, 1.82) is 0 Å². The lowest BCUT2D eigenvalue weighted by atomic mass is 10.2. The second kappa shape index (κ2) is 5.89. The first kappa shape index (κ1) is 12.9. The molecule has 0 saturated carbocycles. The monoisotopic (exact) mass is 266 g/mol. The molecule has 2 N–H and O–H groups in total. The van der Waals surface area contributed by atoms with E-state index in [1.54, 1.807) is 24.4 Å². The van der Waals surface area contributed by atoms with E-state index in [1.807, 2.05) is 6.92 Å². The molecule has 2 rings (SSSR count). The van der Waals surface area contributed by atoms with Gasteiger partial charge in [-0.05, 0) is 18.2 Å². The van der Waals surface area contributed by atoms with Crippen molar-refractivity contribution >= 4 is 11.6 Å². The van der Waals surface area contributed by atoms with Crippen LogP contribution in [0.5, 0.6) is 5.75 Å². The topological polar surface area (TPSA) is 58.3 Å². The van der Waals surface area contributed by atoms with Gasteiger partial charge in [-0.25, -0.2) is 4.98 Å². The number of benzene rings is 1. The lowest BCUT2D eigenvalue weighted by Gasteiger charge is -2.05. The Morgan fingerprint density at radius 2 is 2.22 bits per heavy atom. The van der Waals surface area contributed by atoms with Gasteiger partial charge in [0.25, 0.3) is 0 Å². The van der Waals surface area contributed by atoms with Crippen molar-refractivity contribution in [2.24, 2.45) is 0 Å². The largest absolute Gasteiger partial charge is 0.508 e. The first-order chi connectivity index (χ1) is 8.69. The highest BCUT2D eigenvalue weighted by Gasteiger charge is 2.04. The molecule has 2 aromatic rings. The van der Waals surface area contributed by atoms with Crippen LogP contribution in [0.4, 0.5) is 0 Å². The Kier molecular flexibility index (Phi) is 4.23. The molecule has 0 aliphatic rings. The van der Waals surface area contributed by atoms with Crippen LogP contribution in [0.2, 0.25) is 5.02 Å². The number of phenolic OH excluding ortho intramolecular Hbond substituents is 1. The molecule has 1 heterocycles. The number of aromatic nitrogens is 1. The molecule has 0 atom stereocenters. The summed E-state index contributed by atoms with van der Waals surface area (Å²) in [4.78, 5) is 4.14. The molecule has 0 unspecified atom stereocenters. The quantitative estimate of drug-likeness (QED) is 0.874. The fraction of sp³-hybridized carbons (Fsp3) is 0.308. The molecule has 0 spiro atoms. The molecule has 4 nitrogen and oxygen atoms in total. The molecule has 0 amide bonds. The van der Waals surface area contributed by atoms with Crippen molar-refractivity contribution in [2.45, 2.75) is 26.4 Å². The van der Waals surface area contributed by atoms with Crippen molar-refractivity contribution in [3.63, 3.8) is 0 Å². The van der Waals surface area contributed by atoms with Crippen LogP contribution in [-0.4, -0.2) is 10.1 Å². The Balaban J connectivity index is 1.90. The Morgan fingerprint density at radius 3 is 2.94 bits per heavy atom. The van der Waals surface area contributed by atoms with Gasteiger partial charge in [-0.2, -0.15) is 0 Å². The molecular weight excluding hydrogens is 252 g/mol. The number of nitrogens with zero attached hydrogens (tertiary/aromatic N) is 1. The van der Waals surface area contributed by atoms with Gasteiger partial charge < -0.3 is 14.8 Å². The average molecular weight is 267 g/mol. The lowest BCUT2D eigenvalue weighted by molar-refractivity contribution is 0.433. The highest BCUT2D eigenvalue weighted by molar-refractivity contribution is 6.30. The van der Waals surface area contributed by atoms with E-state index in [4.69, 9.17) is 16.0 Å². The van der Waals surface area contributed by atoms with E-state index in [-0.39, 0.29) is 5.75 Å². The van der Waals surface area contributed by atoms with Crippen LogP contribution in [0.1, 0.15) is 24.1 Å². The maximum absolute atomic E-state index is 9.64. The van der Waals surface area contributed by atoms with Crippen LogP contribution >= 0.6 is 11.6 Å². The van der Waals surface area contributed by atoms with Crippen LogP contribution < -0.4 is 5.32 Å². The summed E-state index contributed by atoms with van der Waals surface area (Å²) in [6.07, 6.45) is 2.57. The van der Waals surface area contributed by atoms with Gasteiger partial charge in [-0.3, -0.25) is 0 Å². The zero-order valence-electron chi connectivity index (χ0n) is 10.1. The number of hydrogen-bond donors (Lipinski definition) is 2. The smallest absolute Gasteiger partial charge is 0.208 e. The average Bonchev–Trinajstić information content (AvgIpc) is 2.81. The number of aryl methyl sites for hydroxylation is 1. The fourth-order valence-corrected chi connectivity index (χ4v) is 1.79. The van der Waals surface area contributed by atoms with Gasteiger partial charge in [0, 0.05) is 23.6 Å². The maximum Gasteiger partial charge on any atom is 0.208 e. The molecule has 18 heavy (non-hydrogen) atoms. The van der Waals surface area contributed by atoms with Crippen molar-refractivity contribution in [3.8, 4) is 5.75 Å². The summed E-state index contributed by atoms with van der Waals surface area (Å²) < 4.78 is 5.46. The van der Waals surface area contributed by atoms with Crippen LogP contribution in [0, 0.1) is 0 Å². The lowest BCUT2D eigenvalue weighted by Crippen LogP contribution is -2.12. The summed E-state index contributed by atoms with van der Waals surface area (Å²) >= 11 is 5.87. The van der Waals surface area contributed by atoms with Gasteiger partial charge in [-0.1, -0.05) is 18.5 Å². The predicted octanol–water partition coefficient (Wildman–Crippen LogP) is 2.89. The van der Waals surface area contributed by atoms with E-state index in [1.165, 1.54) is 0 Å². The standard InChI is InChI=1S/C13H15ClN2O2/c1-2-11-7-16-13(18-11)8-15-6-9-5-10(14)3-4-12(9)17/h3-5,7,15,17H,2,6,8H2,1H3. The van der Waals surface area contributed by atoms with Crippen LogP contribution in [0.3, 0.4) is 0 Å². The molecule has 1 aromatic carbocycles. The molecule has 0 radical (unpaired) electrons. The number of phenols is 1. The molecule has 96 valence electrons. The van der Waals surface area contributed by atoms with Crippen molar-refractivity contribution < 1.29 is 9.52 Å². The van der Waals surface area contributed by atoms with Gasteiger partial charge in [0.1, 0.15) is 11.5 Å². The molecule has 0 aliphatic carbocycles.